The summed E-state index contributed by atoms with van der Waals surface area (Å²) in [6, 6.07) is 15.0. The highest BCUT2D eigenvalue weighted by Gasteiger charge is 2.26. The van der Waals surface area contributed by atoms with E-state index in [4.69, 9.17) is 0 Å². The van der Waals surface area contributed by atoms with E-state index in [2.05, 4.69) is 18.9 Å². The molecule has 0 unspecified atom stereocenters. The Kier molecular flexibility index (Phi) is 7.19. The summed E-state index contributed by atoms with van der Waals surface area (Å²) in [5, 5.41) is 15.5. The summed E-state index contributed by atoms with van der Waals surface area (Å²) >= 11 is 0. The van der Waals surface area contributed by atoms with Crippen molar-refractivity contribution in [2.75, 3.05) is 26.2 Å². The van der Waals surface area contributed by atoms with Gasteiger partial charge in [0, 0.05) is 37.3 Å². The number of benzene rings is 2. The molecule has 0 saturated carbocycles. The lowest BCUT2D eigenvalue weighted by molar-refractivity contribution is -0.386. The van der Waals surface area contributed by atoms with Crippen LogP contribution in [-0.2, 0) is 6.54 Å². The van der Waals surface area contributed by atoms with Gasteiger partial charge in [0.25, 0.3) is 11.8 Å². The zero-order chi connectivity index (χ0) is 26.0. The molecule has 0 aliphatic carbocycles. The van der Waals surface area contributed by atoms with Crippen LogP contribution in [0.25, 0.3) is 0 Å². The zero-order valence-corrected chi connectivity index (χ0v) is 21.1. The summed E-state index contributed by atoms with van der Waals surface area (Å²) in [6.45, 7) is 9.87. The van der Waals surface area contributed by atoms with Crippen LogP contribution in [-0.4, -0.2) is 62.5 Å². The van der Waals surface area contributed by atoms with E-state index >= 15 is 0 Å². The Bertz CT molecular complexity index is 1270. The fourth-order valence-electron chi connectivity index (χ4n) is 4.52. The third-order valence-electron chi connectivity index (χ3n) is 6.74. The molecule has 1 aromatic heterocycles. The molecule has 2 aromatic carbocycles. The molecule has 36 heavy (non-hydrogen) atoms. The minimum Gasteiger partial charge on any atom is -0.335 e. The average Bonchev–Trinajstić information content (AvgIpc) is 3.16. The minimum atomic E-state index is -0.411. The number of rotatable bonds is 6. The molecule has 0 N–H and O–H groups in total. The first-order chi connectivity index (χ1) is 17.2. The van der Waals surface area contributed by atoms with Crippen molar-refractivity contribution < 1.29 is 14.5 Å². The van der Waals surface area contributed by atoms with Crippen molar-refractivity contribution in [2.45, 2.75) is 40.2 Å². The fourth-order valence-corrected chi connectivity index (χ4v) is 4.52. The molecule has 4 rings (SSSR count). The number of carbonyl (C=O) groups excluding carboxylic acids is 2. The predicted molar refractivity (Wildman–Crippen MR) is 136 cm³/mol. The quantitative estimate of drug-likeness (QED) is 0.382. The van der Waals surface area contributed by atoms with Crippen molar-refractivity contribution in [1.82, 2.24) is 19.6 Å². The molecular weight excluding hydrogens is 458 g/mol. The molecule has 0 atom stereocenters. The van der Waals surface area contributed by atoms with E-state index in [9.17, 15) is 19.7 Å². The van der Waals surface area contributed by atoms with Gasteiger partial charge in [0.2, 0.25) is 0 Å². The Morgan fingerprint density at radius 2 is 1.36 bits per heavy atom. The van der Waals surface area contributed by atoms with Crippen LogP contribution in [0.15, 0.2) is 48.5 Å². The Morgan fingerprint density at radius 1 is 0.889 bits per heavy atom. The Hall–Kier alpha value is -4.01. The van der Waals surface area contributed by atoms with Crippen molar-refractivity contribution in [3.05, 3.63) is 92.3 Å². The number of amides is 2. The molecule has 1 saturated heterocycles. The lowest BCUT2D eigenvalue weighted by Gasteiger charge is -2.35. The number of aryl methyl sites for hydroxylation is 1. The first-order valence-corrected chi connectivity index (χ1v) is 12.1. The van der Waals surface area contributed by atoms with Crippen molar-refractivity contribution in [3.63, 3.8) is 0 Å². The molecule has 9 heteroatoms. The van der Waals surface area contributed by atoms with E-state index in [-0.39, 0.29) is 17.5 Å². The Morgan fingerprint density at radius 3 is 1.78 bits per heavy atom. The largest absolute Gasteiger partial charge is 0.335 e. The maximum Gasteiger partial charge on any atom is 0.312 e. The van der Waals surface area contributed by atoms with Crippen molar-refractivity contribution >= 4 is 17.5 Å². The van der Waals surface area contributed by atoms with Crippen LogP contribution in [0.1, 0.15) is 63.0 Å². The van der Waals surface area contributed by atoms with Gasteiger partial charge < -0.3 is 9.80 Å². The summed E-state index contributed by atoms with van der Waals surface area (Å²) in [5.74, 6) is 0.334. The van der Waals surface area contributed by atoms with Gasteiger partial charge in [-0.05, 0) is 55.2 Å². The second kappa shape index (κ2) is 10.3. The van der Waals surface area contributed by atoms with Gasteiger partial charge >= 0.3 is 5.69 Å². The van der Waals surface area contributed by atoms with Gasteiger partial charge in [-0.3, -0.25) is 24.4 Å². The first kappa shape index (κ1) is 25.1. The van der Waals surface area contributed by atoms with E-state index < -0.39 is 4.92 Å². The third-order valence-corrected chi connectivity index (χ3v) is 6.74. The van der Waals surface area contributed by atoms with Crippen molar-refractivity contribution in [1.29, 1.82) is 0 Å². The number of aromatic nitrogens is 2. The molecule has 1 aliphatic rings. The lowest BCUT2D eigenvalue weighted by atomic mass is 10.0. The summed E-state index contributed by atoms with van der Waals surface area (Å²) in [7, 11) is 0. The molecule has 1 fully saturated rings. The Labute approximate surface area is 210 Å². The topological polar surface area (TPSA) is 102 Å². The normalized spacial score (nSPS) is 13.8. The third kappa shape index (κ3) is 5.15. The number of nitrogens with zero attached hydrogens (tertiary/aromatic N) is 5. The van der Waals surface area contributed by atoms with Gasteiger partial charge in [-0.1, -0.05) is 38.1 Å². The number of carbonyl (C=O) groups is 2. The number of hydrogen-bond donors (Lipinski definition) is 0. The molecule has 0 bridgehead atoms. The maximum absolute atomic E-state index is 13.0. The lowest BCUT2D eigenvalue weighted by Crippen LogP contribution is -2.50. The first-order valence-electron chi connectivity index (χ1n) is 12.1. The molecule has 0 radical (unpaired) electrons. The van der Waals surface area contributed by atoms with Gasteiger partial charge in [-0.2, -0.15) is 5.10 Å². The standard InChI is InChI=1S/C27H31N5O4/c1-18(2)22-9-11-24(12-10-22)27(34)30-15-13-29(14-16-30)26(33)23-7-5-21(6-8-23)17-31-20(4)25(32(35)36)19(3)28-31/h5-12,18H,13-17H2,1-4H3. The van der Waals surface area contributed by atoms with Crippen LogP contribution in [0.3, 0.4) is 0 Å². The molecule has 188 valence electrons. The summed E-state index contributed by atoms with van der Waals surface area (Å²) in [6.07, 6.45) is 0. The van der Waals surface area contributed by atoms with Crippen LogP contribution >= 0.6 is 0 Å². The van der Waals surface area contributed by atoms with Gasteiger partial charge in [0.05, 0.1) is 11.5 Å². The Balaban J connectivity index is 1.35. The molecule has 1 aliphatic heterocycles. The van der Waals surface area contributed by atoms with E-state index in [1.807, 2.05) is 36.4 Å². The predicted octanol–water partition coefficient (Wildman–Crippen LogP) is 4.18. The average molecular weight is 490 g/mol. The smallest absolute Gasteiger partial charge is 0.312 e. The zero-order valence-electron chi connectivity index (χ0n) is 21.1. The minimum absolute atomic E-state index is 0.00820. The van der Waals surface area contributed by atoms with E-state index in [1.165, 1.54) is 5.56 Å². The SMILES string of the molecule is Cc1nn(Cc2ccc(C(=O)N3CCN(C(=O)c4ccc(C(C)C)cc4)CC3)cc2)c(C)c1[N+](=O)[O-]. The summed E-state index contributed by atoms with van der Waals surface area (Å²) in [5.41, 5.74) is 4.25. The van der Waals surface area contributed by atoms with Crippen LogP contribution in [0.2, 0.25) is 0 Å². The molecule has 2 heterocycles. The number of nitro groups is 1. The molecule has 2 amide bonds. The van der Waals surface area contributed by atoms with Crippen LogP contribution in [0, 0.1) is 24.0 Å². The number of piperazine rings is 1. The summed E-state index contributed by atoms with van der Waals surface area (Å²) in [4.78, 5) is 40.3. The van der Waals surface area contributed by atoms with E-state index in [1.54, 1.807) is 40.5 Å². The number of hydrogen-bond acceptors (Lipinski definition) is 5. The second-order valence-electron chi connectivity index (χ2n) is 9.49. The van der Waals surface area contributed by atoms with Crippen molar-refractivity contribution in [2.24, 2.45) is 0 Å². The highest BCUT2D eigenvalue weighted by atomic mass is 16.6. The van der Waals surface area contributed by atoms with Crippen LogP contribution in [0.5, 0.6) is 0 Å². The van der Waals surface area contributed by atoms with Gasteiger partial charge in [0.1, 0.15) is 11.4 Å². The molecule has 9 nitrogen and oxygen atoms in total. The molecule has 0 spiro atoms. The fraction of sp³-hybridized carbons (Fsp3) is 0.370. The van der Waals surface area contributed by atoms with Gasteiger partial charge in [-0.25, -0.2) is 0 Å². The van der Waals surface area contributed by atoms with Gasteiger partial charge in [0.15, 0.2) is 0 Å². The van der Waals surface area contributed by atoms with Gasteiger partial charge in [-0.15, -0.1) is 0 Å². The van der Waals surface area contributed by atoms with Crippen LogP contribution < -0.4 is 0 Å². The summed E-state index contributed by atoms with van der Waals surface area (Å²) < 4.78 is 1.61. The van der Waals surface area contributed by atoms with Crippen molar-refractivity contribution in [3.8, 4) is 0 Å². The van der Waals surface area contributed by atoms with E-state index in [0.717, 1.165) is 5.56 Å². The highest BCUT2D eigenvalue weighted by Crippen LogP contribution is 2.23. The monoisotopic (exact) mass is 489 g/mol. The highest BCUT2D eigenvalue weighted by molar-refractivity contribution is 5.96. The molecule has 3 aromatic rings. The van der Waals surface area contributed by atoms with E-state index in [0.29, 0.717) is 61.2 Å². The second-order valence-corrected chi connectivity index (χ2v) is 9.49. The maximum atomic E-state index is 13.0. The molecular formula is C27H31N5O4. The van der Waals surface area contributed by atoms with Crippen LogP contribution in [0.4, 0.5) is 5.69 Å².